The molecule has 0 amide bonds. The molecular formula is C21H17F4NO. The molecule has 0 aliphatic carbocycles. The summed E-state index contributed by atoms with van der Waals surface area (Å²) >= 11 is 0. The average Bonchev–Trinajstić information content (AvgIpc) is 2.59. The minimum atomic E-state index is -0.810. The number of hydrogen-bond acceptors (Lipinski definition) is 2. The summed E-state index contributed by atoms with van der Waals surface area (Å²) in [6.45, 7) is 1.70. The summed E-state index contributed by atoms with van der Waals surface area (Å²) < 4.78 is 61.6. The van der Waals surface area contributed by atoms with Gasteiger partial charge in [0.25, 0.3) is 0 Å². The standard InChI is InChI=1S/C21H17F4NO/c1-11-4-3-5-12(6-15-16(23)7-13(22)8-19(15)26)20(11)21-17(24)9-14(27-2)10-18(21)25/h3-5,7-10H,6,26H2,1-2H3. The lowest BCUT2D eigenvalue weighted by molar-refractivity contribution is 0.407. The molecule has 27 heavy (non-hydrogen) atoms. The van der Waals surface area contributed by atoms with Gasteiger partial charge in [0, 0.05) is 35.9 Å². The Morgan fingerprint density at radius 3 is 2.15 bits per heavy atom. The molecule has 0 spiro atoms. The van der Waals surface area contributed by atoms with Gasteiger partial charge < -0.3 is 10.5 Å². The maximum Gasteiger partial charge on any atom is 0.137 e. The molecule has 3 rings (SSSR count). The molecule has 0 unspecified atom stereocenters. The molecule has 0 saturated carbocycles. The third-order valence-electron chi connectivity index (χ3n) is 4.42. The van der Waals surface area contributed by atoms with Gasteiger partial charge in [-0.25, -0.2) is 17.6 Å². The molecule has 0 heterocycles. The van der Waals surface area contributed by atoms with Gasteiger partial charge in [-0.3, -0.25) is 0 Å². The van der Waals surface area contributed by atoms with Gasteiger partial charge in [0.1, 0.15) is 29.0 Å². The van der Waals surface area contributed by atoms with E-state index >= 15 is 0 Å². The van der Waals surface area contributed by atoms with Gasteiger partial charge in [-0.2, -0.15) is 0 Å². The Morgan fingerprint density at radius 1 is 0.889 bits per heavy atom. The second kappa shape index (κ2) is 7.31. The summed E-state index contributed by atoms with van der Waals surface area (Å²) in [4.78, 5) is 0. The van der Waals surface area contributed by atoms with Gasteiger partial charge >= 0.3 is 0 Å². The number of nitrogen functional groups attached to an aromatic ring is 1. The van der Waals surface area contributed by atoms with Crippen molar-refractivity contribution in [1.82, 2.24) is 0 Å². The minimum Gasteiger partial charge on any atom is -0.497 e. The predicted molar refractivity (Wildman–Crippen MR) is 96.7 cm³/mol. The molecule has 0 aromatic heterocycles. The van der Waals surface area contributed by atoms with E-state index in [4.69, 9.17) is 10.5 Å². The highest BCUT2D eigenvalue weighted by Gasteiger charge is 2.20. The zero-order valence-electron chi connectivity index (χ0n) is 14.7. The molecule has 2 N–H and O–H groups in total. The topological polar surface area (TPSA) is 35.2 Å². The van der Waals surface area contributed by atoms with E-state index in [1.807, 2.05) is 0 Å². The van der Waals surface area contributed by atoms with Crippen molar-refractivity contribution in [3.63, 3.8) is 0 Å². The van der Waals surface area contributed by atoms with Gasteiger partial charge in [0.15, 0.2) is 0 Å². The molecule has 0 aliphatic heterocycles. The SMILES string of the molecule is COc1cc(F)c(-c2c(C)cccc2Cc2c(N)cc(F)cc2F)c(F)c1. The summed E-state index contributed by atoms with van der Waals surface area (Å²) in [7, 11) is 1.31. The van der Waals surface area contributed by atoms with E-state index < -0.39 is 23.3 Å². The lowest BCUT2D eigenvalue weighted by Crippen LogP contribution is -2.04. The Balaban J connectivity index is 2.18. The molecule has 0 aliphatic rings. The van der Waals surface area contributed by atoms with Gasteiger partial charge in [0.05, 0.1) is 12.7 Å². The van der Waals surface area contributed by atoms with Crippen LogP contribution < -0.4 is 10.5 Å². The number of nitrogens with two attached hydrogens (primary N) is 1. The van der Waals surface area contributed by atoms with Crippen molar-refractivity contribution in [2.24, 2.45) is 0 Å². The highest BCUT2D eigenvalue weighted by Crippen LogP contribution is 2.36. The zero-order chi connectivity index (χ0) is 19.7. The van der Waals surface area contributed by atoms with Crippen molar-refractivity contribution in [3.8, 4) is 16.9 Å². The normalized spacial score (nSPS) is 10.9. The van der Waals surface area contributed by atoms with Gasteiger partial charge in [-0.15, -0.1) is 0 Å². The summed E-state index contributed by atoms with van der Waals surface area (Å²) in [5, 5.41) is 0. The lowest BCUT2D eigenvalue weighted by atomic mass is 9.90. The number of benzene rings is 3. The number of aryl methyl sites for hydroxylation is 1. The third kappa shape index (κ3) is 3.60. The van der Waals surface area contributed by atoms with Crippen molar-refractivity contribution >= 4 is 5.69 Å². The van der Waals surface area contributed by atoms with E-state index in [1.54, 1.807) is 25.1 Å². The fraction of sp³-hybridized carbons (Fsp3) is 0.143. The molecule has 0 saturated heterocycles. The molecule has 3 aromatic rings. The highest BCUT2D eigenvalue weighted by molar-refractivity contribution is 5.73. The first-order chi connectivity index (χ1) is 12.8. The van der Waals surface area contributed by atoms with Crippen LogP contribution >= 0.6 is 0 Å². The molecule has 6 heteroatoms. The molecule has 2 nitrogen and oxygen atoms in total. The molecule has 3 aromatic carbocycles. The van der Waals surface area contributed by atoms with Crippen molar-refractivity contribution < 1.29 is 22.3 Å². The van der Waals surface area contributed by atoms with E-state index in [0.29, 0.717) is 16.7 Å². The van der Waals surface area contributed by atoms with E-state index in [1.165, 1.54) is 7.11 Å². The van der Waals surface area contributed by atoms with Crippen LogP contribution in [0.2, 0.25) is 0 Å². The van der Waals surface area contributed by atoms with Crippen LogP contribution in [0.4, 0.5) is 23.2 Å². The summed E-state index contributed by atoms with van der Waals surface area (Å²) in [5.41, 5.74) is 6.91. The largest absolute Gasteiger partial charge is 0.497 e. The number of methoxy groups -OCH3 is 1. The fourth-order valence-electron chi connectivity index (χ4n) is 3.14. The maximum absolute atomic E-state index is 14.6. The van der Waals surface area contributed by atoms with Gasteiger partial charge in [-0.1, -0.05) is 18.2 Å². The van der Waals surface area contributed by atoms with E-state index in [0.717, 1.165) is 24.3 Å². The first kappa shape index (κ1) is 18.8. The van der Waals surface area contributed by atoms with Crippen LogP contribution in [0, 0.1) is 30.2 Å². The summed E-state index contributed by atoms with van der Waals surface area (Å²) in [5.74, 6) is -3.14. The Labute approximate surface area is 154 Å². The Kier molecular flexibility index (Phi) is 5.08. The van der Waals surface area contributed by atoms with Crippen LogP contribution in [-0.2, 0) is 6.42 Å². The fourth-order valence-corrected chi connectivity index (χ4v) is 3.14. The molecule has 0 fully saturated rings. The second-order valence-corrected chi connectivity index (χ2v) is 6.21. The minimum absolute atomic E-state index is 0.0418. The first-order valence-corrected chi connectivity index (χ1v) is 8.17. The van der Waals surface area contributed by atoms with Gasteiger partial charge in [0.2, 0.25) is 0 Å². The van der Waals surface area contributed by atoms with Crippen LogP contribution in [0.1, 0.15) is 16.7 Å². The van der Waals surface area contributed by atoms with Crippen LogP contribution in [0.25, 0.3) is 11.1 Å². The Morgan fingerprint density at radius 2 is 1.56 bits per heavy atom. The van der Waals surface area contributed by atoms with Crippen LogP contribution in [0.5, 0.6) is 5.75 Å². The van der Waals surface area contributed by atoms with Crippen molar-refractivity contribution in [1.29, 1.82) is 0 Å². The summed E-state index contributed by atoms with van der Waals surface area (Å²) in [6, 6.07) is 8.95. The molecular weight excluding hydrogens is 358 g/mol. The number of ether oxygens (including phenoxy) is 1. The van der Waals surface area contributed by atoms with E-state index in [2.05, 4.69) is 0 Å². The number of anilines is 1. The quantitative estimate of drug-likeness (QED) is 0.489. The van der Waals surface area contributed by atoms with Crippen molar-refractivity contribution in [2.45, 2.75) is 13.3 Å². The molecule has 0 atom stereocenters. The molecule has 140 valence electrons. The van der Waals surface area contributed by atoms with Crippen LogP contribution in [-0.4, -0.2) is 7.11 Å². The number of halogens is 4. The second-order valence-electron chi connectivity index (χ2n) is 6.21. The maximum atomic E-state index is 14.6. The number of hydrogen-bond donors (Lipinski definition) is 1. The van der Waals surface area contributed by atoms with Crippen molar-refractivity contribution in [2.75, 3.05) is 12.8 Å². The number of rotatable bonds is 4. The Bertz CT molecular complexity index is 971. The molecule has 0 radical (unpaired) electrons. The summed E-state index contributed by atoms with van der Waals surface area (Å²) in [6.07, 6.45) is -0.0418. The predicted octanol–water partition coefficient (Wildman–Crippen LogP) is 5.40. The lowest BCUT2D eigenvalue weighted by Gasteiger charge is -2.16. The van der Waals surface area contributed by atoms with Gasteiger partial charge in [-0.05, 0) is 29.7 Å². The Hall–Kier alpha value is -3.02. The first-order valence-electron chi connectivity index (χ1n) is 8.17. The molecule has 0 bridgehead atoms. The smallest absolute Gasteiger partial charge is 0.137 e. The van der Waals surface area contributed by atoms with Crippen molar-refractivity contribution in [3.05, 3.63) is 82.4 Å². The highest BCUT2D eigenvalue weighted by atomic mass is 19.1. The van der Waals surface area contributed by atoms with Crippen LogP contribution in [0.15, 0.2) is 42.5 Å². The van der Waals surface area contributed by atoms with E-state index in [9.17, 15) is 17.6 Å². The van der Waals surface area contributed by atoms with Crippen LogP contribution in [0.3, 0.4) is 0 Å². The third-order valence-corrected chi connectivity index (χ3v) is 4.42. The van der Waals surface area contributed by atoms with E-state index in [-0.39, 0.29) is 29.0 Å². The zero-order valence-corrected chi connectivity index (χ0v) is 14.7. The monoisotopic (exact) mass is 375 g/mol. The average molecular weight is 375 g/mol.